The highest BCUT2D eigenvalue weighted by atomic mass is 16.5. The molecule has 1 aromatic heterocycles. The van der Waals surface area contributed by atoms with Gasteiger partial charge < -0.3 is 9.30 Å². The van der Waals surface area contributed by atoms with Gasteiger partial charge in [0.15, 0.2) is 5.78 Å². The van der Waals surface area contributed by atoms with Gasteiger partial charge in [0.05, 0.1) is 25.1 Å². The number of allylic oxidation sites excluding steroid dienone is 1. The molecule has 0 radical (unpaired) electrons. The highest BCUT2D eigenvalue weighted by molar-refractivity contribution is 6.02. The van der Waals surface area contributed by atoms with Crippen molar-refractivity contribution in [3.05, 3.63) is 71.4 Å². The Morgan fingerprint density at radius 2 is 2.00 bits per heavy atom. The van der Waals surface area contributed by atoms with Gasteiger partial charge in [0.2, 0.25) is 0 Å². The number of fused-ring (bicyclic) bond motifs is 3. The van der Waals surface area contributed by atoms with Crippen LogP contribution in [0.3, 0.4) is 0 Å². The van der Waals surface area contributed by atoms with Crippen LogP contribution >= 0.6 is 0 Å². The summed E-state index contributed by atoms with van der Waals surface area (Å²) < 4.78 is 8.01. The van der Waals surface area contributed by atoms with Crippen LogP contribution in [0.25, 0.3) is 16.6 Å². The van der Waals surface area contributed by atoms with Crippen LogP contribution in [0.5, 0.6) is 5.75 Å². The van der Waals surface area contributed by atoms with E-state index in [2.05, 4.69) is 40.7 Å². The second-order valence-electron chi connectivity index (χ2n) is 9.56. The predicted octanol–water partition coefficient (Wildman–Crippen LogP) is 5.87. The summed E-state index contributed by atoms with van der Waals surface area (Å²) in [5.74, 6) is 1.05. The van der Waals surface area contributed by atoms with Crippen molar-refractivity contribution in [1.29, 1.82) is 0 Å². The zero-order valence-electron chi connectivity index (χ0n) is 18.9. The molecule has 4 heterocycles. The van der Waals surface area contributed by atoms with Gasteiger partial charge in [-0.15, -0.1) is 0 Å². The van der Waals surface area contributed by atoms with Crippen LogP contribution in [-0.2, 0) is 6.42 Å². The van der Waals surface area contributed by atoms with Crippen LogP contribution in [0.4, 0.5) is 0 Å². The molecule has 3 aliphatic heterocycles. The maximum absolute atomic E-state index is 13.3. The summed E-state index contributed by atoms with van der Waals surface area (Å²) in [5.41, 5.74) is 6.11. The number of ketones is 1. The molecule has 0 spiro atoms. The van der Waals surface area contributed by atoms with E-state index in [0.717, 1.165) is 36.4 Å². The Kier molecular flexibility index (Phi) is 4.55. The summed E-state index contributed by atoms with van der Waals surface area (Å²) in [6, 6.07) is 16.6. The molecule has 4 heteroatoms. The van der Waals surface area contributed by atoms with Crippen molar-refractivity contribution >= 4 is 22.4 Å². The van der Waals surface area contributed by atoms with Gasteiger partial charge in [-0.25, -0.2) is 0 Å². The fourth-order valence-corrected chi connectivity index (χ4v) is 6.56. The molecule has 3 aliphatic rings. The summed E-state index contributed by atoms with van der Waals surface area (Å²) in [7, 11) is 1.72. The third kappa shape index (κ3) is 2.75. The molecule has 164 valence electrons. The number of hydrogen-bond donors (Lipinski definition) is 0. The topological polar surface area (TPSA) is 34.5 Å². The van der Waals surface area contributed by atoms with Gasteiger partial charge >= 0.3 is 0 Å². The van der Waals surface area contributed by atoms with Gasteiger partial charge in [0, 0.05) is 40.4 Å². The monoisotopic (exact) mass is 426 g/mol. The summed E-state index contributed by atoms with van der Waals surface area (Å²) in [6.07, 6.45) is 7.49. The number of rotatable bonds is 5. The number of aromatic nitrogens is 1. The normalized spacial score (nSPS) is 24.2. The minimum Gasteiger partial charge on any atom is -0.497 e. The molecule has 0 unspecified atom stereocenters. The second-order valence-corrected chi connectivity index (χ2v) is 9.56. The molecule has 6 rings (SSSR count). The van der Waals surface area contributed by atoms with E-state index in [1.54, 1.807) is 7.11 Å². The van der Waals surface area contributed by atoms with E-state index in [4.69, 9.17) is 4.74 Å². The Morgan fingerprint density at radius 3 is 2.78 bits per heavy atom. The largest absolute Gasteiger partial charge is 0.497 e. The number of ether oxygens (including phenoxy) is 1. The molecule has 0 N–H and O–H groups in total. The lowest BCUT2D eigenvalue weighted by Gasteiger charge is -2.53. The molecule has 1 fully saturated rings. The Morgan fingerprint density at radius 1 is 1.16 bits per heavy atom. The average Bonchev–Trinajstić information content (AvgIpc) is 3.18. The standard InChI is InChI=1S/C28H30N2O2/c1-3-28-13-7-14-29-15-12-23-22-11-10-21(32-2)17-24(22)30(26(23)27(28)29)20(18-28)16-25(31)19-8-5-4-6-9-19/h4-6,8-11,17-18,27H,3,7,12-16H2,1-2H3/t27-,28+/m1/s1. The van der Waals surface area contributed by atoms with E-state index in [-0.39, 0.29) is 11.2 Å². The number of nitrogens with zero attached hydrogens (tertiary/aromatic N) is 2. The molecule has 3 aromatic rings. The van der Waals surface area contributed by atoms with Crippen LogP contribution in [0.15, 0.2) is 54.6 Å². The Labute approximate surface area is 189 Å². The number of benzene rings is 2. The molecular formula is C28H30N2O2. The average molecular weight is 427 g/mol. The second kappa shape index (κ2) is 7.35. The maximum atomic E-state index is 13.3. The molecule has 0 amide bonds. The van der Waals surface area contributed by atoms with Gasteiger partial charge in [-0.05, 0) is 49.9 Å². The zero-order valence-corrected chi connectivity index (χ0v) is 18.9. The zero-order chi connectivity index (χ0) is 21.9. The lowest BCUT2D eigenvalue weighted by molar-refractivity contribution is 0.0268. The van der Waals surface area contributed by atoms with Crippen molar-refractivity contribution in [3.8, 4) is 5.75 Å². The summed E-state index contributed by atoms with van der Waals surface area (Å²) in [4.78, 5) is 16.0. The van der Waals surface area contributed by atoms with E-state index in [1.165, 1.54) is 41.5 Å². The van der Waals surface area contributed by atoms with Crippen LogP contribution in [0.2, 0.25) is 0 Å². The highest BCUT2D eigenvalue weighted by Gasteiger charge is 2.50. The van der Waals surface area contributed by atoms with Crippen LogP contribution in [-0.4, -0.2) is 35.4 Å². The molecule has 0 bridgehead atoms. The number of methoxy groups -OCH3 is 1. The summed E-state index contributed by atoms with van der Waals surface area (Å²) >= 11 is 0. The predicted molar refractivity (Wildman–Crippen MR) is 128 cm³/mol. The van der Waals surface area contributed by atoms with Gasteiger partial charge in [-0.3, -0.25) is 9.69 Å². The van der Waals surface area contributed by atoms with Gasteiger partial charge in [-0.1, -0.05) is 43.3 Å². The SMILES string of the molecule is CC[C@@]12C=C(CC(=O)c3ccccc3)n3c4c(c5ccc(OC)cc53)CCN(CCC1)[C@H]42. The maximum Gasteiger partial charge on any atom is 0.168 e. The number of carbonyl (C=O) groups is 1. The minimum absolute atomic E-state index is 0.105. The molecule has 0 aliphatic carbocycles. The molecule has 32 heavy (non-hydrogen) atoms. The number of hydrogen-bond acceptors (Lipinski definition) is 3. The molecule has 4 nitrogen and oxygen atoms in total. The van der Waals surface area contributed by atoms with Crippen LogP contribution < -0.4 is 4.74 Å². The lowest BCUT2D eigenvalue weighted by atomic mass is 9.66. The summed E-state index contributed by atoms with van der Waals surface area (Å²) in [5, 5.41) is 1.32. The Bertz CT molecular complexity index is 1240. The number of Topliss-reactive ketones (excluding diaryl/α,β-unsaturated/α-hetero) is 1. The van der Waals surface area contributed by atoms with Crippen LogP contribution in [0.1, 0.15) is 60.3 Å². The quantitative estimate of drug-likeness (QED) is 0.479. The Hall–Kier alpha value is -2.85. The third-order valence-corrected chi connectivity index (χ3v) is 8.06. The van der Waals surface area contributed by atoms with Gasteiger partial charge in [0.25, 0.3) is 0 Å². The summed E-state index contributed by atoms with van der Waals surface area (Å²) in [6.45, 7) is 4.62. The van der Waals surface area contributed by atoms with Crippen LogP contribution in [0, 0.1) is 5.41 Å². The molecule has 0 saturated carbocycles. The first-order valence-corrected chi connectivity index (χ1v) is 11.9. The van der Waals surface area contributed by atoms with E-state index in [1.807, 2.05) is 30.3 Å². The molecule has 1 saturated heterocycles. The van der Waals surface area contributed by atoms with Crippen molar-refractivity contribution in [2.75, 3.05) is 20.2 Å². The highest BCUT2D eigenvalue weighted by Crippen LogP contribution is 2.57. The molecular weight excluding hydrogens is 396 g/mol. The van der Waals surface area contributed by atoms with E-state index in [9.17, 15) is 4.79 Å². The van der Waals surface area contributed by atoms with Gasteiger partial charge in [-0.2, -0.15) is 0 Å². The van der Waals surface area contributed by atoms with E-state index < -0.39 is 0 Å². The first-order chi connectivity index (χ1) is 15.6. The molecule has 2 atom stereocenters. The van der Waals surface area contributed by atoms with Crippen molar-refractivity contribution in [2.45, 2.75) is 45.1 Å². The first kappa shape index (κ1) is 19.8. The van der Waals surface area contributed by atoms with Crippen molar-refractivity contribution in [2.24, 2.45) is 5.41 Å². The fraction of sp³-hybridized carbons (Fsp3) is 0.393. The number of piperidine rings is 1. The van der Waals surface area contributed by atoms with Crippen molar-refractivity contribution in [1.82, 2.24) is 9.47 Å². The Balaban J connectivity index is 1.58. The minimum atomic E-state index is 0.105. The van der Waals surface area contributed by atoms with Gasteiger partial charge in [0.1, 0.15) is 5.75 Å². The fourth-order valence-electron chi connectivity index (χ4n) is 6.56. The van der Waals surface area contributed by atoms with E-state index >= 15 is 0 Å². The third-order valence-electron chi connectivity index (χ3n) is 8.06. The smallest absolute Gasteiger partial charge is 0.168 e. The lowest BCUT2D eigenvalue weighted by Crippen LogP contribution is -2.50. The van der Waals surface area contributed by atoms with E-state index in [0.29, 0.717) is 12.5 Å². The molecule has 2 aromatic carbocycles. The first-order valence-electron chi connectivity index (χ1n) is 11.9. The van der Waals surface area contributed by atoms with Crippen molar-refractivity contribution < 1.29 is 9.53 Å². The number of carbonyl (C=O) groups excluding carboxylic acids is 1. The van der Waals surface area contributed by atoms with Crippen molar-refractivity contribution in [3.63, 3.8) is 0 Å².